The summed E-state index contributed by atoms with van der Waals surface area (Å²) >= 11 is 0. The van der Waals surface area contributed by atoms with Crippen LogP contribution in [-0.2, 0) is 0 Å². The van der Waals surface area contributed by atoms with Crippen molar-refractivity contribution in [3.63, 3.8) is 0 Å². The molecule has 0 aliphatic rings. The van der Waals surface area contributed by atoms with E-state index in [1.54, 1.807) is 55.5 Å². The second-order valence-corrected chi connectivity index (χ2v) is 6.61. The molecule has 8 nitrogen and oxygen atoms in total. The largest absolute Gasteiger partial charge is 0.403 e. The van der Waals surface area contributed by atoms with Crippen molar-refractivity contribution in [2.75, 3.05) is 5.32 Å². The molecule has 0 bridgehead atoms. The molecule has 1 aromatic heterocycles. The number of nitro benzene ring substituents is 1. The Bertz CT molecular complexity index is 1340. The van der Waals surface area contributed by atoms with Gasteiger partial charge in [-0.05, 0) is 55.5 Å². The van der Waals surface area contributed by atoms with E-state index in [1.165, 1.54) is 18.2 Å². The van der Waals surface area contributed by atoms with Gasteiger partial charge in [0.15, 0.2) is 0 Å². The minimum atomic E-state index is -0.491. The number of hydrogen-bond acceptors (Lipinski definition) is 6. The Kier molecular flexibility index (Phi) is 4.81. The molecular formula is C22H15N3O5. The van der Waals surface area contributed by atoms with Crippen molar-refractivity contribution in [1.82, 2.24) is 4.98 Å². The Morgan fingerprint density at radius 3 is 2.50 bits per heavy atom. The highest BCUT2D eigenvalue weighted by molar-refractivity contribution is 6.04. The van der Waals surface area contributed by atoms with Crippen LogP contribution in [0.5, 0.6) is 0 Å². The summed E-state index contributed by atoms with van der Waals surface area (Å²) in [5.74, 6) is -0.210. The van der Waals surface area contributed by atoms with Crippen LogP contribution in [0.1, 0.15) is 15.9 Å². The quantitative estimate of drug-likeness (QED) is 0.402. The van der Waals surface area contributed by atoms with Gasteiger partial charge in [0.05, 0.1) is 15.8 Å². The van der Waals surface area contributed by atoms with Crippen LogP contribution in [0.2, 0.25) is 0 Å². The van der Waals surface area contributed by atoms with Crippen molar-refractivity contribution in [1.29, 1.82) is 0 Å². The van der Waals surface area contributed by atoms with Crippen molar-refractivity contribution in [3.05, 3.63) is 98.4 Å². The molecule has 0 atom stereocenters. The molecule has 4 aromatic rings. The number of nitro groups is 1. The lowest BCUT2D eigenvalue weighted by atomic mass is 10.1. The second kappa shape index (κ2) is 7.59. The van der Waals surface area contributed by atoms with Gasteiger partial charge in [-0.25, -0.2) is 9.78 Å². The van der Waals surface area contributed by atoms with Crippen LogP contribution in [0.15, 0.2) is 75.9 Å². The fourth-order valence-corrected chi connectivity index (χ4v) is 3.04. The monoisotopic (exact) mass is 401 g/mol. The fraction of sp³-hybridized carbons (Fsp3) is 0.0455. The zero-order valence-corrected chi connectivity index (χ0v) is 15.8. The molecule has 0 aliphatic heterocycles. The highest BCUT2D eigenvalue weighted by Crippen LogP contribution is 2.22. The summed E-state index contributed by atoms with van der Waals surface area (Å²) in [7, 11) is 0. The van der Waals surface area contributed by atoms with E-state index >= 15 is 0 Å². The smallest absolute Gasteiger partial charge is 0.347 e. The van der Waals surface area contributed by atoms with E-state index in [-0.39, 0.29) is 11.6 Å². The maximum absolute atomic E-state index is 12.4. The Balaban J connectivity index is 1.56. The molecule has 0 saturated carbocycles. The third kappa shape index (κ3) is 3.66. The summed E-state index contributed by atoms with van der Waals surface area (Å²) in [5, 5.41) is 14.0. The molecule has 1 N–H and O–H groups in total. The van der Waals surface area contributed by atoms with Crippen LogP contribution in [-0.4, -0.2) is 15.8 Å². The SMILES string of the molecule is Cc1cc(C(=O)Nc2ccc(-c3nc4ccccc4c(=O)o3)cc2)ccc1[N+](=O)[O-]. The first-order valence-corrected chi connectivity index (χ1v) is 8.99. The first-order valence-electron chi connectivity index (χ1n) is 8.99. The number of carbonyl (C=O) groups excluding carboxylic acids is 1. The lowest BCUT2D eigenvalue weighted by molar-refractivity contribution is -0.385. The number of anilines is 1. The molecule has 0 saturated heterocycles. The highest BCUT2D eigenvalue weighted by Gasteiger charge is 2.14. The molecule has 0 aliphatic carbocycles. The van der Waals surface area contributed by atoms with Crippen LogP contribution in [0.3, 0.4) is 0 Å². The predicted molar refractivity (Wildman–Crippen MR) is 112 cm³/mol. The van der Waals surface area contributed by atoms with Gasteiger partial charge in [0.2, 0.25) is 5.89 Å². The van der Waals surface area contributed by atoms with E-state index in [0.717, 1.165) is 0 Å². The summed E-state index contributed by atoms with van der Waals surface area (Å²) in [6.45, 7) is 1.58. The number of amides is 1. The van der Waals surface area contributed by atoms with Gasteiger partial charge in [-0.3, -0.25) is 14.9 Å². The number of para-hydroxylation sites is 1. The maximum atomic E-state index is 12.4. The molecule has 4 rings (SSSR count). The number of aromatic nitrogens is 1. The van der Waals surface area contributed by atoms with Crippen LogP contribution in [0.25, 0.3) is 22.4 Å². The van der Waals surface area contributed by atoms with Gasteiger partial charge in [0.25, 0.3) is 11.6 Å². The van der Waals surface area contributed by atoms with Crippen molar-refractivity contribution in [2.45, 2.75) is 6.92 Å². The van der Waals surface area contributed by atoms with Gasteiger partial charge < -0.3 is 9.73 Å². The number of carbonyl (C=O) groups is 1. The average molecular weight is 401 g/mol. The number of rotatable bonds is 4. The number of aryl methyl sites for hydroxylation is 1. The first-order chi connectivity index (χ1) is 14.4. The van der Waals surface area contributed by atoms with Crippen molar-refractivity contribution in [3.8, 4) is 11.5 Å². The molecule has 0 unspecified atom stereocenters. The van der Waals surface area contributed by atoms with Crippen LogP contribution in [0, 0.1) is 17.0 Å². The van der Waals surface area contributed by atoms with Crippen LogP contribution < -0.4 is 10.9 Å². The van der Waals surface area contributed by atoms with E-state index in [0.29, 0.717) is 33.3 Å². The lowest BCUT2D eigenvalue weighted by Crippen LogP contribution is -2.12. The summed E-state index contributed by atoms with van der Waals surface area (Å²) in [6, 6.07) is 17.8. The van der Waals surface area contributed by atoms with E-state index in [9.17, 15) is 19.7 Å². The Labute approximate surface area is 170 Å². The lowest BCUT2D eigenvalue weighted by Gasteiger charge is -2.07. The first kappa shape index (κ1) is 19.0. The van der Waals surface area contributed by atoms with E-state index in [1.807, 2.05) is 0 Å². The number of fused-ring (bicyclic) bond motifs is 1. The number of benzene rings is 3. The van der Waals surface area contributed by atoms with E-state index in [4.69, 9.17) is 4.42 Å². The van der Waals surface area contributed by atoms with Crippen LogP contribution >= 0.6 is 0 Å². The summed E-state index contributed by atoms with van der Waals surface area (Å²) < 4.78 is 5.30. The second-order valence-electron chi connectivity index (χ2n) is 6.61. The molecule has 0 fully saturated rings. The van der Waals surface area contributed by atoms with Gasteiger partial charge in [-0.15, -0.1) is 0 Å². The number of hydrogen-bond donors (Lipinski definition) is 1. The third-order valence-corrected chi connectivity index (χ3v) is 4.58. The van der Waals surface area contributed by atoms with Crippen LogP contribution in [0.4, 0.5) is 11.4 Å². The zero-order valence-electron chi connectivity index (χ0n) is 15.8. The molecule has 30 heavy (non-hydrogen) atoms. The standard InChI is InChI=1S/C22H15N3O5/c1-13-12-15(8-11-19(13)25(28)29)20(26)23-16-9-6-14(7-10-16)21-24-18-5-3-2-4-17(18)22(27)30-21/h2-12H,1H3,(H,23,26). The Morgan fingerprint density at radius 2 is 1.80 bits per heavy atom. The summed E-state index contributed by atoms with van der Waals surface area (Å²) in [4.78, 5) is 39.4. The predicted octanol–water partition coefficient (Wildman–Crippen LogP) is 4.32. The normalized spacial score (nSPS) is 10.7. The van der Waals surface area contributed by atoms with Gasteiger partial charge in [0, 0.05) is 28.4 Å². The fourth-order valence-electron chi connectivity index (χ4n) is 3.04. The summed E-state index contributed by atoms with van der Waals surface area (Å²) in [6.07, 6.45) is 0. The van der Waals surface area contributed by atoms with Crippen molar-refractivity contribution >= 4 is 28.2 Å². The summed E-state index contributed by atoms with van der Waals surface area (Å²) in [5.41, 5.74) is 1.84. The maximum Gasteiger partial charge on any atom is 0.347 e. The van der Waals surface area contributed by atoms with E-state index < -0.39 is 16.5 Å². The molecule has 8 heteroatoms. The molecule has 0 radical (unpaired) electrons. The molecule has 1 amide bonds. The van der Waals surface area contributed by atoms with Gasteiger partial charge in [-0.2, -0.15) is 0 Å². The van der Waals surface area contributed by atoms with Crippen molar-refractivity contribution < 1.29 is 14.1 Å². The molecule has 3 aromatic carbocycles. The Hall–Kier alpha value is -4.33. The highest BCUT2D eigenvalue weighted by atomic mass is 16.6. The van der Waals surface area contributed by atoms with Gasteiger partial charge in [0.1, 0.15) is 0 Å². The molecule has 0 spiro atoms. The van der Waals surface area contributed by atoms with Crippen molar-refractivity contribution in [2.24, 2.45) is 0 Å². The van der Waals surface area contributed by atoms with Gasteiger partial charge >= 0.3 is 5.63 Å². The average Bonchev–Trinajstić information content (AvgIpc) is 2.74. The number of nitrogens with zero attached hydrogens (tertiary/aromatic N) is 2. The molecular weight excluding hydrogens is 386 g/mol. The minimum Gasteiger partial charge on any atom is -0.403 e. The topological polar surface area (TPSA) is 115 Å². The Morgan fingerprint density at radius 1 is 1.07 bits per heavy atom. The minimum absolute atomic E-state index is 0.0414. The van der Waals surface area contributed by atoms with Gasteiger partial charge in [-0.1, -0.05) is 12.1 Å². The third-order valence-electron chi connectivity index (χ3n) is 4.58. The zero-order chi connectivity index (χ0) is 21.3. The molecule has 148 valence electrons. The molecule has 1 heterocycles. The number of nitrogens with one attached hydrogen (secondary N) is 1. The van der Waals surface area contributed by atoms with E-state index in [2.05, 4.69) is 10.3 Å².